The first kappa shape index (κ1) is 15.3. The zero-order chi connectivity index (χ0) is 15.3. The highest BCUT2D eigenvalue weighted by Gasteiger charge is 2.34. The molecule has 1 fully saturated rings. The van der Waals surface area contributed by atoms with Crippen molar-refractivity contribution in [3.05, 3.63) is 58.3 Å². The third-order valence-corrected chi connectivity index (χ3v) is 5.25. The Morgan fingerprint density at radius 1 is 1.14 bits per heavy atom. The summed E-state index contributed by atoms with van der Waals surface area (Å²) in [7, 11) is 0. The Morgan fingerprint density at radius 2 is 1.91 bits per heavy atom. The van der Waals surface area contributed by atoms with Gasteiger partial charge in [0.1, 0.15) is 0 Å². The normalized spacial score (nSPS) is 17.1. The number of carbonyl (C=O) groups excluding carboxylic acids is 1. The minimum Gasteiger partial charge on any atom is -0.381 e. The van der Waals surface area contributed by atoms with Gasteiger partial charge in [0.05, 0.1) is 6.42 Å². The van der Waals surface area contributed by atoms with Crippen LogP contribution in [0.3, 0.4) is 0 Å². The van der Waals surface area contributed by atoms with Gasteiger partial charge in [-0.25, -0.2) is 0 Å². The second-order valence-corrected chi connectivity index (χ2v) is 6.82. The summed E-state index contributed by atoms with van der Waals surface area (Å²) in [6.07, 6.45) is 2.38. The van der Waals surface area contributed by atoms with Crippen molar-refractivity contribution in [2.45, 2.75) is 24.7 Å². The van der Waals surface area contributed by atoms with E-state index in [9.17, 15) is 4.79 Å². The van der Waals surface area contributed by atoms with Crippen LogP contribution in [0.4, 0.5) is 0 Å². The first-order chi connectivity index (χ1) is 10.8. The second-order valence-electron chi connectivity index (χ2n) is 5.79. The van der Waals surface area contributed by atoms with Crippen molar-refractivity contribution in [2.75, 3.05) is 19.8 Å². The Hall–Kier alpha value is -1.65. The molecule has 0 atom stereocenters. The molecule has 0 unspecified atom stereocenters. The summed E-state index contributed by atoms with van der Waals surface area (Å²) in [5, 5.41) is 5.15. The molecule has 116 valence electrons. The SMILES string of the molecule is O=C(Cc1cccs1)NCC1(c2ccccc2)CCOCC1. The van der Waals surface area contributed by atoms with Gasteiger partial charge in [0.25, 0.3) is 0 Å². The Bertz CT molecular complexity index is 589. The second kappa shape index (κ2) is 7.07. The van der Waals surface area contributed by atoms with Crippen molar-refractivity contribution < 1.29 is 9.53 Å². The number of thiophene rings is 1. The number of rotatable bonds is 5. The summed E-state index contributed by atoms with van der Waals surface area (Å²) in [6.45, 7) is 2.20. The van der Waals surface area contributed by atoms with Gasteiger partial charge in [0.2, 0.25) is 5.91 Å². The maximum Gasteiger partial charge on any atom is 0.225 e. The maximum absolute atomic E-state index is 12.2. The lowest BCUT2D eigenvalue weighted by molar-refractivity contribution is -0.120. The van der Waals surface area contributed by atoms with Gasteiger partial charge in [0, 0.05) is 30.1 Å². The third-order valence-electron chi connectivity index (χ3n) is 4.37. The molecule has 0 saturated carbocycles. The van der Waals surface area contributed by atoms with Crippen molar-refractivity contribution in [1.82, 2.24) is 5.32 Å². The number of nitrogens with one attached hydrogen (secondary N) is 1. The van der Waals surface area contributed by atoms with Crippen LogP contribution in [0.5, 0.6) is 0 Å². The molecule has 3 nitrogen and oxygen atoms in total. The number of benzene rings is 1. The van der Waals surface area contributed by atoms with Crippen LogP contribution in [-0.2, 0) is 21.4 Å². The van der Waals surface area contributed by atoms with E-state index in [-0.39, 0.29) is 11.3 Å². The van der Waals surface area contributed by atoms with Crippen molar-refractivity contribution in [1.29, 1.82) is 0 Å². The summed E-state index contributed by atoms with van der Waals surface area (Å²) in [4.78, 5) is 13.3. The van der Waals surface area contributed by atoms with Crippen LogP contribution in [0.15, 0.2) is 47.8 Å². The molecule has 0 bridgehead atoms. The van der Waals surface area contributed by atoms with E-state index in [2.05, 4.69) is 29.6 Å². The summed E-state index contributed by atoms with van der Waals surface area (Å²) in [5.41, 5.74) is 1.31. The average molecular weight is 315 g/mol. The first-order valence-electron chi connectivity index (χ1n) is 7.71. The van der Waals surface area contributed by atoms with E-state index in [4.69, 9.17) is 4.74 Å². The van der Waals surface area contributed by atoms with Crippen molar-refractivity contribution in [3.63, 3.8) is 0 Å². The molecule has 1 aliphatic heterocycles. The van der Waals surface area contributed by atoms with Crippen LogP contribution in [0.25, 0.3) is 0 Å². The van der Waals surface area contributed by atoms with Crippen LogP contribution in [0, 0.1) is 0 Å². The lowest BCUT2D eigenvalue weighted by Crippen LogP contribution is -2.44. The van der Waals surface area contributed by atoms with E-state index in [1.165, 1.54) is 5.56 Å². The van der Waals surface area contributed by atoms with Crippen LogP contribution < -0.4 is 5.32 Å². The van der Waals surface area contributed by atoms with E-state index >= 15 is 0 Å². The molecule has 1 aromatic heterocycles. The van der Waals surface area contributed by atoms with E-state index in [1.54, 1.807) is 11.3 Å². The zero-order valence-electron chi connectivity index (χ0n) is 12.6. The molecular weight excluding hydrogens is 294 g/mol. The van der Waals surface area contributed by atoms with E-state index in [0.29, 0.717) is 13.0 Å². The highest BCUT2D eigenvalue weighted by molar-refractivity contribution is 7.10. The molecule has 1 amide bonds. The van der Waals surface area contributed by atoms with Gasteiger partial charge in [-0.2, -0.15) is 0 Å². The topological polar surface area (TPSA) is 38.3 Å². The van der Waals surface area contributed by atoms with Gasteiger partial charge < -0.3 is 10.1 Å². The number of hydrogen-bond donors (Lipinski definition) is 1. The van der Waals surface area contributed by atoms with E-state index < -0.39 is 0 Å². The predicted molar refractivity (Wildman–Crippen MR) is 89.2 cm³/mol. The van der Waals surface area contributed by atoms with Gasteiger partial charge in [-0.3, -0.25) is 4.79 Å². The van der Waals surface area contributed by atoms with Crippen molar-refractivity contribution in [2.24, 2.45) is 0 Å². The largest absolute Gasteiger partial charge is 0.381 e. The standard InChI is InChI=1S/C18H21NO2S/c20-17(13-16-7-4-12-22-16)19-14-18(8-10-21-11-9-18)15-5-2-1-3-6-15/h1-7,12H,8-11,13-14H2,(H,19,20). The molecule has 4 heteroatoms. The molecule has 2 heterocycles. The van der Waals surface area contributed by atoms with E-state index in [1.807, 2.05) is 23.6 Å². The van der Waals surface area contributed by atoms with Gasteiger partial charge in [-0.1, -0.05) is 36.4 Å². The molecule has 3 rings (SSSR count). The lowest BCUT2D eigenvalue weighted by atomic mass is 9.74. The first-order valence-corrected chi connectivity index (χ1v) is 8.59. The van der Waals surface area contributed by atoms with Gasteiger partial charge in [-0.05, 0) is 29.9 Å². The molecule has 0 aliphatic carbocycles. The molecule has 1 N–H and O–H groups in total. The monoisotopic (exact) mass is 315 g/mol. The van der Waals surface area contributed by atoms with Crippen molar-refractivity contribution in [3.8, 4) is 0 Å². The molecule has 1 aromatic carbocycles. The van der Waals surface area contributed by atoms with Crippen LogP contribution >= 0.6 is 11.3 Å². The van der Waals surface area contributed by atoms with Gasteiger partial charge in [0.15, 0.2) is 0 Å². The summed E-state index contributed by atoms with van der Waals surface area (Å²) in [6, 6.07) is 14.5. The quantitative estimate of drug-likeness (QED) is 0.920. The minimum absolute atomic E-state index is 0.00458. The fourth-order valence-electron chi connectivity index (χ4n) is 3.02. The lowest BCUT2D eigenvalue weighted by Gasteiger charge is -2.38. The molecule has 1 saturated heterocycles. The summed E-state index contributed by atoms with van der Waals surface area (Å²) in [5.74, 6) is 0.101. The van der Waals surface area contributed by atoms with Crippen LogP contribution in [0.1, 0.15) is 23.3 Å². The number of hydrogen-bond acceptors (Lipinski definition) is 3. The number of amides is 1. The van der Waals surface area contributed by atoms with Crippen LogP contribution in [0.2, 0.25) is 0 Å². The Balaban J connectivity index is 1.67. The van der Waals surface area contributed by atoms with Gasteiger partial charge in [-0.15, -0.1) is 11.3 Å². The highest BCUT2D eigenvalue weighted by atomic mass is 32.1. The fourth-order valence-corrected chi connectivity index (χ4v) is 3.73. The molecule has 2 aromatic rings. The molecule has 0 spiro atoms. The minimum atomic E-state index is 0.00458. The average Bonchev–Trinajstić information content (AvgIpc) is 3.08. The van der Waals surface area contributed by atoms with Crippen LogP contribution in [-0.4, -0.2) is 25.7 Å². The zero-order valence-corrected chi connectivity index (χ0v) is 13.4. The maximum atomic E-state index is 12.2. The molecular formula is C18H21NO2S. The summed E-state index contributed by atoms with van der Waals surface area (Å²) >= 11 is 1.63. The Labute approximate surface area is 135 Å². The smallest absolute Gasteiger partial charge is 0.225 e. The fraction of sp³-hybridized carbons (Fsp3) is 0.389. The van der Waals surface area contributed by atoms with Gasteiger partial charge >= 0.3 is 0 Å². The molecule has 1 aliphatic rings. The number of carbonyl (C=O) groups is 1. The molecule has 22 heavy (non-hydrogen) atoms. The third kappa shape index (κ3) is 3.57. The number of ether oxygens (including phenoxy) is 1. The van der Waals surface area contributed by atoms with E-state index in [0.717, 1.165) is 30.9 Å². The predicted octanol–water partition coefficient (Wildman–Crippen LogP) is 3.16. The van der Waals surface area contributed by atoms with Crippen molar-refractivity contribution >= 4 is 17.2 Å². The molecule has 0 radical (unpaired) electrons. The Kier molecular flexibility index (Phi) is 4.90. The highest BCUT2D eigenvalue weighted by Crippen LogP contribution is 2.34. The Morgan fingerprint density at radius 3 is 2.59 bits per heavy atom. The summed E-state index contributed by atoms with van der Waals surface area (Å²) < 4.78 is 5.53.